The summed E-state index contributed by atoms with van der Waals surface area (Å²) in [4.78, 5) is 34.9. The van der Waals surface area contributed by atoms with E-state index in [1.165, 1.54) is 20.0 Å². The maximum atomic E-state index is 14.4. The first-order valence-corrected chi connectivity index (χ1v) is 17.1. The van der Waals surface area contributed by atoms with Crippen LogP contribution in [0.2, 0.25) is 18.1 Å². The maximum Gasteiger partial charge on any atom is 0.306 e. The van der Waals surface area contributed by atoms with E-state index in [-0.39, 0.29) is 30.0 Å². The number of fused-ring (bicyclic) bond motifs is 1. The lowest BCUT2D eigenvalue weighted by Gasteiger charge is -2.42. The normalized spacial score (nSPS) is 14.8. The van der Waals surface area contributed by atoms with Crippen molar-refractivity contribution in [3.05, 3.63) is 72.1 Å². The number of hydrogen-bond acceptors (Lipinski definition) is 5. The van der Waals surface area contributed by atoms with Gasteiger partial charge in [-0.3, -0.25) is 14.6 Å². The molecule has 0 saturated heterocycles. The summed E-state index contributed by atoms with van der Waals surface area (Å²) in [7, 11) is -2.42. The second-order valence-electron chi connectivity index (χ2n) is 13.0. The summed E-state index contributed by atoms with van der Waals surface area (Å²) in [6, 6.07) is 16.5. The van der Waals surface area contributed by atoms with E-state index in [0.29, 0.717) is 17.5 Å². The van der Waals surface area contributed by atoms with Crippen molar-refractivity contribution in [1.82, 2.24) is 15.3 Å². The molecule has 2 aromatic carbocycles. The number of nitrogens with zero attached hydrogens (tertiary/aromatic N) is 2. The van der Waals surface area contributed by atoms with E-state index < -0.39 is 43.9 Å². The summed E-state index contributed by atoms with van der Waals surface area (Å²) in [5.74, 6) is -2.25. The minimum absolute atomic E-state index is 0.110. The Hall–Kier alpha value is -3.17. The van der Waals surface area contributed by atoms with Gasteiger partial charge in [0.2, 0.25) is 0 Å². The van der Waals surface area contributed by atoms with E-state index in [0.717, 1.165) is 5.56 Å². The minimum Gasteiger partial charge on any atom is -0.481 e. The molecule has 0 radical (unpaired) electrons. The van der Waals surface area contributed by atoms with Crippen LogP contribution < -0.4 is 5.32 Å². The van der Waals surface area contributed by atoms with Crippen molar-refractivity contribution >= 4 is 31.2 Å². The highest BCUT2D eigenvalue weighted by atomic mass is 28.4. The van der Waals surface area contributed by atoms with Crippen LogP contribution in [0, 0.1) is 5.92 Å². The second-order valence-corrected chi connectivity index (χ2v) is 17.7. The summed E-state index contributed by atoms with van der Waals surface area (Å²) in [5, 5.41) is 13.1. The van der Waals surface area contributed by atoms with Gasteiger partial charge in [-0.05, 0) is 75.4 Å². The molecular formula is C32H44FN3O4Si. The van der Waals surface area contributed by atoms with Gasteiger partial charge in [-0.25, -0.2) is 9.37 Å². The molecule has 1 aromatic heterocycles. The summed E-state index contributed by atoms with van der Waals surface area (Å²) in [6.07, 6.45) is 1.66. The summed E-state index contributed by atoms with van der Waals surface area (Å²) in [6.45, 7) is 13.5. The van der Waals surface area contributed by atoms with Crippen LogP contribution in [0.5, 0.6) is 0 Å². The predicted octanol–water partition coefficient (Wildman–Crippen LogP) is 6.98. The van der Waals surface area contributed by atoms with Crippen molar-refractivity contribution in [2.75, 3.05) is 0 Å². The van der Waals surface area contributed by atoms with Gasteiger partial charge in [0.15, 0.2) is 8.32 Å². The van der Waals surface area contributed by atoms with Crippen LogP contribution in [0.1, 0.15) is 69.9 Å². The smallest absolute Gasteiger partial charge is 0.306 e. The standard InChI is InChI=1S/C32H44FN3O4Si/c1-31(2,3)41(6,7)40-28(20-23(30(38)39)17-18-32(4,5)33)26(19-22-13-9-8-10-14-22)36-29(37)27-21-34-24-15-11-12-16-25(24)35-27/h8-16,21,23,26,28H,17-20H2,1-7H3,(H,36,37)(H,38,39). The molecule has 0 saturated carbocycles. The second kappa shape index (κ2) is 13.2. The number of benzene rings is 2. The zero-order valence-electron chi connectivity index (χ0n) is 25.3. The highest BCUT2D eigenvalue weighted by Crippen LogP contribution is 2.39. The van der Waals surface area contributed by atoms with Crippen molar-refractivity contribution in [3.63, 3.8) is 0 Å². The summed E-state index contributed by atoms with van der Waals surface area (Å²) in [5.41, 5.74) is 0.943. The van der Waals surface area contributed by atoms with Crippen LogP contribution in [-0.2, 0) is 15.6 Å². The molecule has 3 aromatic rings. The first-order valence-electron chi connectivity index (χ1n) is 14.2. The van der Waals surface area contributed by atoms with Crippen LogP contribution in [0.4, 0.5) is 4.39 Å². The van der Waals surface area contributed by atoms with Gasteiger partial charge >= 0.3 is 5.97 Å². The number of hydrogen-bond donors (Lipinski definition) is 2. The number of para-hydroxylation sites is 2. The Labute approximate surface area is 244 Å². The van der Waals surface area contributed by atoms with Crippen molar-refractivity contribution in [2.24, 2.45) is 5.92 Å². The highest BCUT2D eigenvalue weighted by molar-refractivity contribution is 6.74. The lowest BCUT2D eigenvalue weighted by molar-refractivity contribution is -0.143. The Morgan fingerprint density at radius 2 is 1.61 bits per heavy atom. The Bertz CT molecular complexity index is 1320. The molecule has 0 bridgehead atoms. The van der Waals surface area contributed by atoms with Gasteiger partial charge in [0.1, 0.15) is 11.4 Å². The van der Waals surface area contributed by atoms with E-state index in [2.05, 4.69) is 49.1 Å². The molecule has 1 amide bonds. The van der Waals surface area contributed by atoms with Crippen molar-refractivity contribution in [2.45, 2.75) is 96.2 Å². The van der Waals surface area contributed by atoms with Gasteiger partial charge in [0.05, 0.1) is 35.3 Å². The first kappa shape index (κ1) is 32.3. The third kappa shape index (κ3) is 9.43. The number of alkyl halides is 1. The van der Waals surface area contributed by atoms with Crippen molar-refractivity contribution in [1.29, 1.82) is 0 Å². The average molecular weight is 582 g/mol. The number of carbonyl (C=O) groups excluding carboxylic acids is 1. The van der Waals surface area contributed by atoms with Gasteiger partial charge in [0.25, 0.3) is 5.91 Å². The number of aliphatic carboxylic acids is 1. The maximum absolute atomic E-state index is 14.4. The topological polar surface area (TPSA) is 101 Å². The lowest BCUT2D eigenvalue weighted by atomic mass is 9.88. The molecule has 41 heavy (non-hydrogen) atoms. The molecule has 0 spiro atoms. The molecule has 3 unspecified atom stereocenters. The van der Waals surface area contributed by atoms with Crippen LogP contribution in [-0.4, -0.2) is 53.1 Å². The Kier molecular flexibility index (Phi) is 10.4. The number of carboxylic acid groups (broad SMARTS) is 1. The zero-order valence-corrected chi connectivity index (χ0v) is 26.3. The number of halogens is 1. The van der Waals surface area contributed by atoms with E-state index in [1.807, 2.05) is 48.5 Å². The van der Waals surface area contributed by atoms with Gasteiger partial charge in [0, 0.05) is 0 Å². The van der Waals surface area contributed by atoms with Crippen molar-refractivity contribution < 1.29 is 23.5 Å². The highest BCUT2D eigenvalue weighted by Gasteiger charge is 2.42. The number of aromatic nitrogens is 2. The minimum atomic E-state index is -2.42. The molecule has 1 heterocycles. The van der Waals surface area contributed by atoms with Gasteiger partial charge in [-0.15, -0.1) is 0 Å². The van der Waals surface area contributed by atoms with E-state index >= 15 is 0 Å². The fourth-order valence-corrected chi connectivity index (χ4v) is 5.81. The summed E-state index contributed by atoms with van der Waals surface area (Å²) < 4.78 is 21.3. The van der Waals surface area contributed by atoms with Gasteiger partial charge in [-0.1, -0.05) is 63.2 Å². The molecule has 0 aliphatic carbocycles. The molecular weight excluding hydrogens is 537 g/mol. The lowest BCUT2D eigenvalue weighted by Crippen LogP contribution is -2.53. The largest absolute Gasteiger partial charge is 0.481 e. The Balaban J connectivity index is 2.01. The van der Waals surface area contributed by atoms with E-state index in [9.17, 15) is 19.1 Å². The van der Waals surface area contributed by atoms with Crippen LogP contribution >= 0.6 is 0 Å². The molecule has 3 rings (SSSR count). The zero-order chi connectivity index (χ0) is 30.4. The molecule has 3 atom stereocenters. The molecule has 7 nitrogen and oxygen atoms in total. The number of rotatable bonds is 13. The summed E-state index contributed by atoms with van der Waals surface area (Å²) >= 11 is 0. The fourth-order valence-electron chi connectivity index (χ4n) is 4.44. The first-order chi connectivity index (χ1) is 19.1. The number of carbonyl (C=O) groups is 2. The molecule has 0 aliphatic heterocycles. The average Bonchev–Trinajstić information content (AvgIpc) is 2.88. The Morgan fingerprint density at radius 1 is 1.00 bits per heavy atom. The van der Waals surface area contributed by atoms with Crippen LogP contribution in [0.25, 0.3) is 11.0 Å². The quantitative estimate of drug-likeness (QED) is 0.211. The third-order valence-corrected chi connectivity index (χ3v) is 12.5. The molecule has 222 valence electrons. The van der Waals surface area contributed by atoms with Crippen LogP contribution in [0.15, 0.2) is 60.8 Å². The molecule has 0 aliphatic rings. The number of nitrogens with one attached hydrogen (secondary N) is 1. The van der Waals surface area contributed by atoms with E-state index in [4.69, 9.17) is 4.43 Å². The molecule has 0 fully saturated rings. The van der Waals surface area contributed by atoms with E-state index in [1.54, 1.807) is 6.07 Å². The van der Waals surface area contributed by atoms with Crippen molar-refractivity contribution in [3.8, 4) is 0 Å². The van der Waals surface area contributed by atoms with Crippen LogP contribution in [0.3, 0.4) is 0 Å². The Morgan fingerprint density at radius 3 is 2.20 bits per heavy atom. The number of carboxylic acids is 1. The monoisotopic (exact) mass is 581 g/mol. The predicted molar refractivity (Wildman–Crippen MR) is 163 cm³/mol. The SMILES string of the molecule is CC(C)(F)CCC(CC(O[Si](C)(C)C(C)(C)C)C(Cc1ccccc1)NC(=O)c1cnc2ccccc2n1)C(=O)O. The molecule has 9 heteroatoms. The fraction of sp³-hybridized carbons (Fsp3) is 0.500. The van der Waals surface area contributed by atoms with Gasteiger partial charge < -0.3 is 14.8 Å². The number of amides is 1. The third-order valence-electron chi connectivity index (χ3n) is 7.95. The van der Waals surface area contributed by atoms with Gasteiger partial charge in [-0.2, -0.15) is 0 Å². The molecule has 2 N–H and O–H groups in total.